The van der Waals surface area contributed by atoms with Gasteiger partial charge in [-0.2, -0.15) is 0 Å². The van der Waals surface area contributed by atoms with Gasteiger partial charge in [0.25, 0.3) is 0 Å². The van der Waals surface area contributed by atoms with Gasteiger partial charge in [-0.05, 0) is 55.5 Å². The molecular formula is C29H32ClNO. The number of ketones is 1. The van der Waals surface area contributed by atoms with E-state index in [1.165, 1.54) is 16.7 Å². The van der Waals surface area contributed by atoms with Crippen LogP contribution in [-0.4, -0.2) is 17.5 Å². The third-order valence-corrected chi connectivity index (χ3v) is 5.98. The molecule has 0 aliphatic heterocycles. The molecule has 0 radical (unpaired) electrons. The van der Waals surface area contributed by atoms with Crippen molar-refractivity contribution in [2.24, 2.45) is 4.99 Å². The van der Waals surface area contributed by atoms with E-state index in [2.05, 4.69) is 69.3 Å². The van der Waals surface area contributed by atoms with E-state index < -0.39 is 6.04 Å². The smallest absolute Gasteiger partial charge is 0.154 e. The Labute approximate surface area is 197 Å². The van der Waals surface area contributed by atoms with Crippen LogP contribution in [-0.2, 0) is 24.1 Å². The molecule has 0 aromatic heterocycles. The fourth-order valence-corrected chi connectivity index (χ4v) is 4.12. The van der Waals surface area contributed by atoms with Gasteiger partial charge in [0.05, 0.1) is 5.71 Å². The molecular weight excluding hydrogens is 414 g/mol. The molecule has 0 saturated heterocycles. The van der Waals surface area contributed by atoms with Gasteiger partial charge in [-0.1, -0.05) is 92.0 Å². The van der Waals surface area contributed by atoms with Crippen molar-refractivity contribution < 1.29 is 4.79 Å². The second kappa shape index (κ2) is 11.2. The van der Waals surface area contributed by atoms with Crippen LogP contribution < -0.4 is 0 Å². The summed E-state index contributed by atoms with van der Waals surface area (Å²) in [5.74, 6) is 0.0632. The van der Waals surface area contributed by atoms with Gasteiger partial charge >= 0.3 is 0 Å². The van der Waals surface area contributed by atoms with E-state index in [9.17, 15) is 4.79 Å². The highest BCUT2D eigenvalue weighted by atomic mass is 35.5. The molecule has 3 aromatic carbocycles. The Morgan fingerprint density at radius 2 is 1.72 bits per heavy atom. The Kier molecular flexibility index (Phi) is 8.41. The Hall–Kier alpha value is -2.71. The predicted octanol–water partition coefficient (Wildman–Crippen LogP) is 7.20. The van der Waals surface area contributed by atoms with E-state index >= 15 is 0 Å². The molecule has 32 heavy (non-hydrogen) atoms. The van der Waals surface area contributed by atoms with Crippen LogP contribution in [0.5, 0.6) is 0 Å². The summed E-state index contributed by atoms with van der Waals surface area (Å²) in [6.07, 6.45) is 3.52. The molecule has 2 nitrogen and oxygen atoms in total. The van der Waals surface area contributed by atoms with Crippen LogP contribution in [0.2, 0.25) is 5.02 Å². The minimum atomic E-state index is -0.453. The summed E-state index contributed by atoms with van der Waals surface area (Å²) in [5.41, 5.74) is 7.64. The molecule has 0 aliphatic rings. The Morgan fingerprint density at radius 1 is 0.969 bits per heavy atom. The van der Waals surface area contributed by atoms with Crippen molar-refractivity contribution in [1.82, 2.24) is 0 Å². The van der Waals surface area contributed by atoms with Crippen LogP contribution >= 0.6 is 11.6 Å². The molecule has 0 saturated carbocycles. The van der Waals surface area contributed by atoms with E-state index in [-0.39, 0.29) is 5.78 Å². The first-order valence-corrected chi connectivity index (χ1v) is 11.8. The van der Waals surface area contributed by atoms with Crippen LogP contribution in [0.3, 0.4) is 0 Å². The van der Waals surface area contributed by atoms with Crippen LogP contribution in [0.4, 0.5) is 0 Å². The lowest BCUT2D eigenvalue weighted by molar-refractivity contribution is -0.118. The zero-order valence-electron chi connectivity index (χ0n) is 19.5. The number of Topliss-reactive ketones (excluding diaryl/α,β-unsaturated/α-hetero) is 1. The molecule has 0 fully saturated rings. The normalized spacial score (nSPS) is 12.6. The minimum Gasteiger partial charge on any atom is -0.298 e. The van der Waals surface area contributed by atoms with Crippen LogP contribution in [0.25, 0.3) is 0 Å². The highest BCUT2D eigenvalue weighted by molar-refractivity contribution is 6.31. The van der Waals surface area contributed by atoms with Crippen LogP contribution in [0.1, 0.15) is 60.6 Å². The van der Waals surface area contributed by atoms with Gasteiger partial charge in [-0.15, -0.1) is 0 Å². The number of halogens is 1. The Balaban J connectivity index is 2.15. The first-order valence-electron chi connectivity index (χ1n) is 11.4. The monoisotopic (exact) mass is 445 g/mol. The lowest BCUT2D eigenvalue weighted by Crippen LogP contribution is -2.22. The maximum absolute atomic E-state index is 12.7. The topological polar surface area (TPSA) is 29.4 Å². The summed E-state index contributed by atoms with van der Waals surface area (Å²) in [6, 6.07) is 22.3. The van der Waals surface area contributed by atoms with Crippen molar-refractivity contribution in [2.45, 2.75) is 59.4 Å². The lowest BCUT2D eigenvalue weighted by Gasteiger charge is -2.17. The van der Waals surface area contributed by atoms with Crippen molar-refractivity contribution in [2.75, 3.05) is 0 Å². The first kappa shape index (κ1) is 23.9. The Bertz CT molecular complexity index is 1100. The molecule has 0 aliphatic carbocycles. The summed E-state index contributed by atoms with van der Waals surface area (Å²) in [7, 11) is 0. The SMILES string of the molecule is CCCc1ccc(Cl)cc1C(=NC(Cc1cccc(C)c1)C(C)=O)c1ccc(CC)cc1. The van der Waals surface area contributed by atoms with E-state index in [1.807, 2.05) is 18.2 Å². The number of rotatable bonds is 9. The zero-order chi connectivity index (χ0) is 23.1. The van der Waals surface area contributed by atoms with Gasteiger partial charge in [0.2, 0.25) is 0 Å². The maximum Gasteiger partial charge on any atom is 0.154 e. The van der Waals surface area contributed by atoms with Crippen LogP contribution in [0.15, 0.2) is 71.7 Å². The summed E-state index contributed by atoms with van der Waals surface area (Å²) in [6.45, 7) is 8.02. The quantitative estimate of drug-likeness (QED) is 0.320. The Morgan fingerprint density at radius 3 is 2.34 bits per heavy atom. The molecule has 0 N–H and O–H groups in total. The lowest BCUT2D eigenvalue weighted by atomic mass is 9.93. The number of hydrogen-bond acceptors (Lipinski definition) is 2. The van der Waals surface area contributed by atoms with E-state index in [1.54, 1.807) is 6.92 Å². The first-order chi connectivity index (χ1) is 15.4. The number of benzene rings is 3. The number of carbonyl (C=O) groups excluding carboxylic acids is 1. The molecule has 3 heteroatoms. The molecule has 3 aromatic rings. The van der Waals surface area contributed by atoms with Gasteiger partial charge in [-0.25, -0.2) is 0 Å². The average molecular weight is 446 g/mol. The molecule has 166 valence electrons. The number of nitrogens with zero attached hydrogens (tertiary/aromatic N) is 1. The number of aryl methyl sites for hydroxylation is 3. The standard InChI is InChI=1S/C29H32ClNO/c1-5-8-24-15-16-26(30)19-27(24)29(25-13-11-22(6-2)12-14-25)31-28(21(4)32)18-23-10-7-9-20(3)17-23/h7,9-17,19,28H,5-6,8,18H2,1-4H3. The predicted molar refractivity (Wildman–Crippen MR) is 136 cm³/mol. The van der Waals surface area contributed by atoms with Gasteiger partial charge in [0.1, 0.15) is 6.04 Å². The molecule has 0 heterocycles. The number of carbonyl (C=O) groups is 1. The van der Waals surface area contributed by atoms with E-state index in [0.29, 0.717) is 11.4 Å². The van der Waals surface area contributed by atoms with E-state index in [4.69, 9.17) is 16.6 Å². The second-order valence-corrected chi connectivity index (χ2v) is 8.84. The molecule has 0 spiro atoms. The van der Waals surface area contributed by atoms with Gasteiger partial charge in [-0.3, -0.25) is 9.79 Å². The largest absolute Gasteiger partial charge is 0.298 e. The van der Waals surface area contributed by atoms with Crippen LogP contribution in [0, 0.1) is 6.92 Å². The summed E-state index contributed by atoms with van der Waals surface area (Å²) < 4.78 is 0. The fourth-order valence-electron chi connectivity index (χ4n) is 3.95. The third-order valence-electron chi connectivity index (χ3n) is 5.75. The molecule has 3 rings (SSSR count). The van der Waals surface area contributed by atoms with Crippen molar-refractivity contribution in [3.05, 3.63) is 105 Å². The number of hydrogen-bond donors (Lipinski definition) is 0. The van der Waals surface area contributed by atoms with Gasteiger partial charge < -0.3 is 0 Å². The third kappa shape index (κ3) is 6.17. The second-order valence-electron chi connectivity index (χ2n) is 8.40. The fraction of sp³-hybridized carbons (Fsp3) is 0.310. The van der Waals surface area contributed by atoms with E-state index in [0.717, 1.165) is 41.7 Å². The highest BCUT2D eigenvalue weighted by Crippen LogP contribution is 2.24. The van der Waals surface area contributed by atoms with Crippen molar-refractivity contribution in [3.8, 4) is 0 Å². The van der Waals surface area contributed by atoms with Gasteiger partial charge in [0.15, 0.2) is 5.78 Å². The molecule has 1 atom stereocenters. The summed E-state index contributed by atoms with van der Waals surface area (Å²) in [4.78, 5) is 17.8. The average Bonchev–Trinajstić information content (AvgIpc) is 2.78. The summed E-state index contributed by atoms with van der Waals surface area (Å²) in [5, 5.41) is 0.677. The highest BCUT2D eigenvalue weighted by Gasteiger charge is 2.19. The van der Waals surface area contributed by atoms with Crippen molar-refractivity contribution in [3.63, 3.8) is 0 Å². The molecule has 0 amide bonds. The molecule has 1 unspecified atom stereocenters. The van der Waals surface area contributed by atoms with Crippen molar-refractivity contribution >= 4 is 23.1 Å². The minimum absolute atomic E-state index is 0.0632. The maximum atomic E-state index is 12.7. The number of aliphatic imine (C=N–C) groups is 1. The van der Waals surface area contributed by atoms with Crippen molar-refractivity contribution in [1.29, 1.82) is 0 Å². The molecule has 0 bridgehead atoms. The zero-order valence-corrected chi connectivity index (χ0v) is 20.2. The van der Waals surface area contributed by atoms with Gasteiger partial charge in [0, 0.05) is 22.6 Å². The summed E-state index contributed by atoms with van der Waals surface area (Å²) >= 11 is 6.42.